The van der Waals surface area contributed by atoms with E-state index >= 15 is 0 Å². The van der Waals surface area contributed by atoms with Crippen molar-refractivity contribution in [3.05, 3.63) is 0 Å². The molecule has 9 heavy (non-hydrogen) atoms. The molecule has 9 heteroatoms. The van der Waals surface area contributed by atoms with Gasteiger partial charge in [0.05, 0.1) is 7.32 Å². The van der Waals surface area contributed by atoms with E-state index in [0.29, 0.717) is 0 Å². The molecular formula is H15BN2O6. The van der Waals surface area contributed by atoms with Crippen LogP contribution in [-0.4, -0.2) is 28.8 Å². The van der Waals surface area contributed by atoms with Gasteiger partial charge < -0.3 is 43.8 Å². The highest BCUT2D eigenvalue weighted by Crippen LogP contribution is 1.16. The van der Waals surface area contributed by atoms with Gasteiger partial charge in [0.25, 0.3) is 0 Å². The first-order chi connectivity index (χ1) is 1.73. The van der Waals surface area contributed by atoms with Crippen molar-refractivity contribution in [1.82, 2.24) is 12.3 Å². The highest BCUT2D eigenvalue weighted by Gasteiger charge is 1.44. The monoisotopic (exact) mass is 150 g/mol. The zero-order valence-electron chi connectivity index (χ0n) is 5.34. The molecule has 0 rings (SSSR count). The number of hydrogen-bond donors (Lipinski definition) is 3. The minimum absolute atomic E-state index is 0. The van der Waals surface area contributed by atoms with Gasteiger partial charge in [-0.1, -0.05) is 0 Å². The first-order valence-electron chi connectivity index (χ1n) is 0.730. The summed E-state index contributed by atoms with van der Waals surface area (Å²) in [6.07, 6.45) is 0. The van der Waals surface area contributed by atoms with Gasteiger partial charge in [-0.15, -0.1) is 0 Å². The molecule has 0 amide bonds. The molecule has 0 aliphatic rings. The smallest absolute Gasteiger partial charge is 0.0554 e. The van der Waals surface area contributed by atoms with Crippen molar-refractivity contribution in [2.24, 2.45) is 0 Å². The van der Waals surface area contributed by atoms with Crippen LogP contribution in [0.25, 0.3) is 0 Å². The Bertz CT molecular complexity index is 15.8. The van der Waals surface area contributed by atoms with Crippen LogP contribution < -0.4 is 22.3 Å². The van der Waals surface area contributed by atoms with Crippen molar-refractivity contribution in [2.45, 2.75) is 0 Å². The molecule has 0 aliphatic heterocycles. The Hall–Kier alpha value is -0.255. The fraction of sp³-hybridized carbons (Fsp3) is 0. The lowest BCUT2D eigenvalue weighted by Gasteiger charge is -2.13. The summed E-state index contributed by atoms with van der Waals surface area (Å²) in [7, 11) is -2.67. The molecule has 0 spiro atoms. The van der Waals surface area contributed by atoms with Gasteiger partial charge in [-0.05, 0) is 0 Å². The molecule has 8 nitrogen and oxygen atoms in total. The lowest BCUT2D eigenvalue weighted by molar-refractivity contribution is -0.376. The van der Waals surface area contributed by atoms with E-state index in [4.69, 9.17) is 15.1 Å². The lowest BCUT2D eigenvalue weighted by atomic mass is 10.3. The van der Waals surface area contributed by atoms with E-state index < -0.39 is 7.32 Å². The fourth-order valence-corrected chi connectivity index (χ4v) is 0. The number of rotatable bonds is 0. The summed E-state index contributed by atoms with van der Waals surface area (Å²) >= 11 is 0. The third-order valence-electron chi connectivity index (χ3n) is 0. The SMILES string of the molecule is O.O.O.[NH4+].[NH4+].[O-]B([O-])O. The van der Waals surface area contributed by atoms with Crippen LogP contribution in [-0.2, 0) is 0 Å². The van der Waals surface area contributed by atoms with Crippen LogP contribution in [0.2, 0.25) is 0 Å². The van der Waals surface area contributed by atoms with E-state index in [9.17, 15) is 0 Å². The van der Waals surface area contributed by atoms with Crippen LogP contribution in [0.3, 0.4) is 0 Å². The summed E-state index contributed by atoms with van der Waals surface area (Å²) in [6.45, 7) is 0. The third kappa shape index (κ3) is 3930. The predicted octanol–water partition coefficient (Wildman–Crippen LogP) is -5.04. The molecule has 0 saturated carbocycles. The molecule has 64 valence electrons. The molecule has 0 aromatic carbocycles. The average molecular weight is 150 g/mol. The molecule has 0 bridgehead atoms. The Kier molecular flexibility index (Phi) is 362. The third-order valence-corrected chi connectivity index (χ3v) is 0. The van der Waals surface area contributed by atoms with Crippen LogP contribution in [0, 0.1) is 0 Å². The maximum absolute atomic E-state index is 8.53. The van der Waals surface area contributed by atoms with Gasteiger partial charge in [0.15, 0.2) is 0 Å². The van der Waals surface area contributed by atoms with Crippen LogP contribution in [0.15, 0.2) is 0 Å². The molecule has 0 saturated heterocycles. The average Bonchev–Trinajstić information content (AvgIpc) is 0.811. The predicted molar refractivity (Wildman–Crippen MR) is 30.8 cm³/mol. The van der Waals surface area contributed by atoms with Crippen molar-refractivity contribution < 1.29 is 31.5 Å². The highest BCUT2D eigenvalue weighted by molar-refractivity contribution is 6.26. The fourth-order valence-electron chi connectivity index (χ4n) is 0. The quantitative estimate of drug-likeness (QED) is 0.287. The second-order valence-corrected chi connectivity index (χ2v) is 0.307. The second-order valence-electron chi connectivity index (χ2n) is 0.307. The summed E-state index contributed by atoms with van der Waals surface area (Å²) in [5, 5.41) is 24.0. The van der Waals surface area contributed by atoms with Gasteiger partial charge in [0.2, 0.25) is 0 Å². The van der Waals surface area contributed by atoms with Gasteiger partial charge in [-0.25, -0.2) is 0 Å². The molecule has 0 atom stereocenters. The minimum atomic E-state index is -2.67. The first-order valence-corrected chi connectivity index (χ1v) is 0.730. The zero-order valence-corrected chi connectivity index (χ0v) is 5.34. The van der Waals surface area contributed by atoms with Gasteiger partial charge in [0.1, 0.15) is 0 Å². The molecule has 0 radical (unpaired) electrons. The van der Waals surface area contributed by atoms with E-state index in [1.807, 2.05) is 0 Å². The summed E-state index contributed by atoms with van der Waals surface area (Å²) in [4.78, 5) is 0. The maximum Gasteiger partial charge on any atom is 0.0554 e. The van der Waals surface area contributed by atoms with Crippen molar-refractivity contribution >= 4 is 7.32 Å². The summed E-state index contributed by atoms with van der Waals surface area (Å²) in [5.41, 5.74) is 0. The van der Waals surface area contributed by atoms with E-state index in [0.717, 1.165) is 0 Å². The second kappa shape index (κ2) is 46.8. The van der Waals surface area contributed by atoms with Gasteiger partial charge in [0, 0.05) is 0 Å². The summed E-state index contributed by atoms with van der Waals surface area (Å²) in [6, 6.07) is 0. The molecule has 0 unspecified atom stereocenters. The first kappa shape index (κ1) is 69.6. The molecular weight excluding hydrogens is 135 g/mol. The summed E-state index contributed by atoms with van der Waals surface area (Å²) in [5.74, 6) is 0. The normalized spacial score (nSPS) is 3.00. The molecule has 0 fully saturated rings. The van der Waals surface area contributed by atoms with E-state index in [1.54, 1.807) is 0 Å². The number of quaternary nitrogens is 2. The van der Waals surface area contributed by atoms with E-state index in [-0.39, 0.29) is 28.7 Å². The van der Waals surface area contributed by atoms with Crippen LogP contribution in [0.1, 0.15) is 0 Å². The van der Waals surface area contributed by atoms with E-state index in [2.05, 4.69) is 0 Å². The van der Waals surface area contributed by atoms with Gasteiger partial charge in [-0.3, -0.25) is 0 Å². The molecule has 0 aromatic rings. The van der Waals surface area contributed by atoms with Crippen LogP contribution in [0.4, 0.5) is 0 Å². The lowest BCUT2D eigenvalue weighted by Crippen LogP contribution is -2.44. The van der Waals surface area contributed by atoms with Gasteiger partial charge in [-0.2, -0.15) is 0 Å². The standard InChI is InChI=1S/BHO3.2H3N.3H2O/c2-1(3)4;;;;;/h2H;2*1H3;3*1H2/q-2;;;;;/p+2. The largest absolute Gasteiger partial charge is 0.871 e. The Morgan fingerprint density at radius 1 is 0.889 bits per heavy atom. The molecule has 0 aliphatic carbocycles. The van der Waals surface area contributed by atoms with Crippen molar-refractivity contribution in [3.63, 3.8) is 0 Å². The highest BCUT2D eigenvalue weighted by atomic mass is 16.5. The topological polar surface area (TPSA) is 234 Å². The molecule has 15 N–H and O–H groups in total. The Balaban J connectivity index is -0.00000000450. The van der Waals surface area contributed by atoms with Crippen LogP contribution >= 0.6 is 0 Å². The van der Waals surface area contributed by atoms with Gasteiger partial charge >= 0.3 is 0 Å². The maximum atomic E-state index is 8.53. The minimum Gasteiger partial charge on any atom is -0.871 e. The Labute approximate surface area is 52.4 Å². The van der Waals surface area contributed by atoms with Crippen molar-refractivity contribution in [2.75, 3.05) is 0 Å². The van der Waals surface area contributed by atoms with Crippen molar-refractivity contribution in [3.8, 4) is 0 Å². The Morgan fingerprint density at radius 2 is 0.889 bits per heavy atom. The summed E-state index contributed by atoms with van der Waals surface area (Å²) < 4.78 is 0. The van der Waals surface area contributed by atoms with Crippen molar-refractivity contribution in [1.29, 1.82) is 0 Å². The Morgan fingerprint density at radius 3 is 0.889 bits per heavy atom. The van der Waals surface area contributed by atoms with E-state index in [1.165, 1.54) is 0 Å². The van der Waals surface area contributed by atoms with Crippen LogP contribution in [0.5, 0.6) is 0 Å². The molecule has 0 heterocycles. The molecule has 0 aromatic heterocycles. The number of hydrogen-bond acceptors (Lipinski definition) is 3. The zero-order chi connectivity index (χ0) is 3.58.